The Kier molecular flexibility index (Phi) is 10.4. The van der Waals surface area contributed by atoms with Crippen molar-refractivity contribution >= 4 is 27.8 Å². The Morgan fingerprint density at radius 3 is 2.00 bits per heavy atom. The van der Waals surface area contributed by atoms with E-state index in [1.54, 1.807) is 23.9 Å². The highest BCUT2D eigenvalue weighted by molar-refractivity contribution is 7.98. The van der Waals surface area contributed by atoms with E-state index in [1.807, 2.05) is 55.5 Å². The first-order chi connectivity index (χ1) is 15.3. The Morgan fingerprint density at radius 2 is 1.47 bits per heavy atom. The molecule has 1 atom stereocenters. The fraction of sp³-hybridized carbons (Fsp3) is 0.208. The van der Waals surface area contributed by atoms with Gasteiger partial charge in [-0.05, 0) is 30.2 Å². The van der Waals surface area contributed by atoms with Crippen molar-refractivity contribution in [3.63, 3.8) is 0 Å². The van der Waals surface area contributed by atoms with Gasteiger partial charge in [-0.25, -0.2) is 0 Å². The van der Waals surface area contributed by atoms with E-state index in [0.717, 1.165) is 16.9 Å². The summed E-state index contributed by atoms with van der Waals surface area (Å²) in [5.41, 5.74) is 9.00. The summed E-state index contributed by atoms with van der Waals surface area (Å²) in [4.78, 5) is 11.7. The van der Waals surface area contributed by atoms with Crippen LogP contribution in [0.1, 0.15) is 16.7 Å². The molecule has 3 rings (SSSR count). The predicted octanol–water partition coefficient (Wildman–Crippen LogP) is 4.23. The fourth-order valence-electron chi connectivity index (χ4n) is 2.49. The third kappa shape index (κ3) is 9.65. The van der Waals surface area contributed by atoms with Gasteiger partial charge in [-0.2, -0.15) is 20.2 Å². The van der Waals surface area contributed by atoms with E-state index < -0.39 is 16.2 Å². The molecule has 0 aromatic heterocycles. The highest BCUT2D eigenvalue weighted by atomic mass is 32.2. The largest absolute Gasteiger partial charge is 0.460 e. The molecule has 170 valence electrons. The van der Waals surface area contributed by atoms with Gasteiger partial charge in [0.2, 0.25) is 0 Å². The average molecular weight is 474 g/mol. The summed E-state index contributed by atoms with van der Waals surface area (Å²) in [5, 5.41) is 0. The number of benzene rings is 3. The van der Waals surface area contributed by atoms with Crippen LogP contribution in [0.3, 0.4) is 0 Å². The highest BCUT2D eigenvalue weighted by Crippen LogP contribution is 2.13. The molecular formula is C24H27NO5S2. The topological polar surface area (TPSA) is 107 Å². The Labute approximate surface area is 193 Å². The molecule has 8 heteroatoms. The van der Waals surface area contributed by atoms with Gasteiger partial charge in [-0.15, -0.1) is 0 Å². The molecule has 3 aromatic carbocycles. The molecule has 0 fully saturated rings. The van der Waals surface area contributed by atoms with Crippen LogP contribution in [-0.4, -0.2) is 30.7 Å². The molecule has 0 aliphatic carbocycles. The zero-order valence-corrected chi connectivity index (χ0v) is 19.4. The second-order valence-electron chi connectivity index (χ2n) is 6.99. The molecule has 0 aliphatic heterocycles. The molecule has 0 spiro atoms. The first kappa shape index (κ1) is 25.6. The van der Waals surface area contributed by atoms with Gasteiger partial charge in [0.25, 0.3) is 10.1 Å². The second kappa shape index (κ2) is 13.0. The number of rotatable bonds is 8. The van der Waals surface area contributed by atoms with Gasteiger partial charge in [-0.3, -0.25) is 9.35 Å². The van der Waals surface area contributed by atoms with Crippen LogP contribution in [0.15, 0.2) is 89.8 Å². The number of nitrogens with two attached hydrogens (primary N) is 1. The molecule has 0 bridgehead atoms. The Hall–Kier alpha value is -2.65. The van der Waals surface area contributed by atoms with E-state index in [0.29, 0.717) is 5.75 Å². The quantitative estimate of drug-likeness (QED) is 0.372. The van der Waals surface area contributed by atoms with Crippen molar-refractivity contribution in [1.29, 1.82) is 0 Å². The molecule has 0 unspecified atom stereocenters. The third-order valence-corrected chi connectivity index (χ3v) is 6.25. The molecule has 32 heavy (non-hydrogen) atoms. The smallest absolute Gasteiger partial charge is 0.324 e. The van der Waals surface area contributed by atoms with Gasteiger partial charge in [-0.1, -0.05) is 78.4 Å². The van der Waals surface area contributed by atoms with E-state index >= 15 is 0 Å². The van der Waals surface area contributed by atoms with E-state index in [4.69, 9.17) is 15.0 Å². The lowest BCUT2D eigenvalue weighted by molar-refractivity contribution is -0.145. The highest BCUT2D eigenvalue weighted by Gasteiger charge is 2.15. The van der Waals surface area contributed by atoms with Crippen molar-refractivity contribution in [3.05, 3.63) is 102 Å². The van der Waals surface area contributed by atoms with Crippen LogP contribution in [-0.2, 0) is 32.0 Å². The van der Waals surface area contributed by atoms with Crippen LogP contribution >= 0.6 is 11.8 Å². The maximum atomic E-state index is 11.8. The van der Waals surface area contributed by atoms with E-state index in [1.165, 1.54) is 17.7 Å². The zero-order chi connectivity index (χ0) is 23.4. The van der Waals surface area contributed by atoms with Crippen molar-refractivity contribution < 1.29 is 22.5 Å². The van der Waals surface area contributed by atoms with Crippen LogP contribution < -0.4 is 5.73 Å². The van der Waals surface area contributed by atoms with Crippen LogP contribution in [0.4, 0.5) is 0 Å². The first-order valence-electron chi connectivity index (χ1n) is 9.87. The summed E-state index contributed by atoms with van der Waals surface area (Å²) < 4.78 is 34.8. The van der Waals surface area contributed by atoms with Gasteiger partial charge in [0, 0.05) is 11.5 Å². The minimum absolute atomic E-state index is 0.0666. The average Bonchev–Trinajstić information content (AvgIpc) is 2.79. The van der Waals surface area contributed by atoms with Crippen molar-refractivity contribution in [2.24, 2.45) is 5.73 Å². The van der Waals surface area contributed by atoms with Crippen molar-refractivity contribution in [3.8, 4) is 0 Å². The van der Waals surface area contributed by atoms with Crippen molar-refractivity contribution in [1.82, 2.24) is 0 Å². The summed E-state index contributed by atoms with van der Waals surface area (Å²) in [7, 11) is -4.02. The van der Waals surface area contributed by atoms with E-state index in [9.17, 15) is 13.2 Å². The van der Waals surface area contributed by atoms with Crippen LogP contribution in [0, 0.1) is 6.92 Å². The van der Waals surface area contributed by atoms with Gasteiger partial charge < -0.3 is 10.5 Å². The van der Waals surface area contributed by atoms with Gasteiger partial charge >= 0.3 is 5.97 Å². The first-order valence-corrected chi connectivity index (χ1v) is 12.5. The summed E-state index contributed by atoms with van der Waals surface area (Å²) in [6.45, 7) is 2.12. The predicted molar refractivity (Wildman–Crippen MR) is 128 cm³/mol. The number of thioether (sulfide) groups is 1. The lowest BCUT2D eigenvalue weighted by Crippen LogP contribution is -2.34. The number of ether oxygens (including phenoxy) is 1. The molecule has 0 heterocycles. The fourth-order valence-corrected chi connectivity index (χ4v) is 3.91. The van der Waals surface area contributed by atoms with Gasteiger partial charge in [0.1, 0.15) is 12.6 Å². The number of carbonyl (C=O) groups excluding carboxylic acids is 1. The Bertz CT molecular complexity index is 1060. The van der Waals surface area contributed by atoms with Gasteiger partial charge in [0.05, 0.1) is 4.90 Å². The van der Waals surface area contributed by atoms with E-state index in [-0.39, 0.29) is 17.5 Å². The van der Waals surface area contributed by atoms with E-state index in [2.05, 4.69) is 12.1 Å². The second-order valence-corrected chi connectivity index (χ2v) is 9.44. The zero-order valence-electron chi connectivity index (χ0n) is 17.8. The lowest BCUT2D eigenvalue weighted by atomic mass is 10.2. The minimum Gasteiger partial charge on any atom is -0.460 e. The van der Waals surface area contributed by atoms with Crippen LogP contribution in [0.25, 0.3) is 0 Å². The summed E-state index contributed by atoms with van der Waals surface area (Å²) >= 11 is 1.64. The SMILES string of the molecule is Cc1ccc(S(=O)(=O)O)cc1.N[C@@H](CSCc1ccccc1)C(=O)OCc1ccccc1. The summed E-state index contributed by atoms with van der Waals surface area (Å²) in [5.74, 6) is 1.06. The molecule has 0 aliphatic rings. The maximum Gasteiger partial charge on any atom is 0.324 e. The standard InChI is InChI=1S/C17H19NO2S.C7H8O3S/c18-16(13-21-12-15-9-5-2-6-10-15)17(19)20-11-14-7-3-1-4-8-14;1-6-2-4-7(5-3-6)11(8,9)10/h1-10,16H,11-13,18H2;2-5H,1H3,(H,8,9,10)/t16-;/m0./s1. The number of esters is 1. The number of aryl methyl sites for hydroxylation is 1. The third-order valence-electron chi connectivity index (χ3n) is 4.25. The Morgan fingerprint density at radius 1 is 0.938 bits per heavy atom. The number of hydrogen-bond donors (Lipinski definition) is 2. The molecule has 0 saturated heterocycles. The summed E-state index contributed by atoms with van der Waals surface area (Å²) in [6.07, 6.45) is 0. The molecule has 3 aromatic rings. The van der Waals surface area contributed by atoms with Crippen LogP contribution in [0.5, 0.6) is 0 Å². The normalized spacial score (nSPS) is 11.7. The molecular weight excluding hydrogens is 446 g/mol. The molecule has 0 saturated carbocycles. The van der Waals surface area contributed by atoms with Crippen molar-refractivity contribution in [2.75, 3.05) is 5.75 Å². The molecule has 0 amide bonds. The molecule has 6 nitrogen and oxygen atoms in total. The molecule has 0 radical (unpaired) electrons. The van der Waals surface area contributed by atoms with Crippen molar-refractivity contribution in [2.45, 2.75) is 30.2 Å². The monoisotopic (exact) mass is 473 g/mol. The minimum atomic E-state index is -4.02. The summed E-state index contributed by atoms with van der Waals surface area (Å²) in [6, 6.07) is 25.1. The Balaban J connectivity index is 0.000000278. The number of carbonyl (C=O) groups is 1. The van der Waals surface area contributed by atoms with Crippen LogP contribution in [0.2, 0.25) is 0 Å². The molecule has 3 N–H and O–H groups in total. The lowest BCUT2D eigenvalue weighted by Gasteiger charge is -2.11. The van der Waals surface area contributed by atoms with Gasteiger partial charge in [0.15, 0.2) is 0 Å². The number of hydrogen-bond acceptors (Lipinski definition) is 6. The maximum absolute atomic E-state index is 11.8.